The molecule has 0 fully saturated rings. The molecule has 20 heavy (non-hydrogen) atoms. The van der Waals surface area contributed by atoms with Crippen molar-refractivity contribution >= 4 is 33.5 Å². The molecule has 2 rings (SSSR count). The van der Waals surface area contributed by atoms with E-state index >= 15 is 0 Å². The topological polar surface area (TPSA) is 35.5 Å². The van der Waals surface area contributed by atoms with Crippen LogP contribution >= 0.6 is 27.5 Å². The first-order chi connectivity index (χ1) is 9.60. The highest BCUT2D eigenvalue weighted by molar-refractivity contribution is 9.10. The number of carbonyl (C=O) groups is 1. The molecule has 0 radical (unpaired) electrons. The van der Waals surface area contributed by atoms with Gasteiger partial charge in [-0.15, -0.1) is 0 Å². The average Bonchev–Trinajstić information content (AvgIpc) is 2.43. The summed E-state index contributed by atoms with van der Waals surface area (Å²) in [6.45, 7) is 2.49. The number of halogens is 2. The van der Waals surface area contributed by atoms with Gasteiger partial charge < -0.3 is 9.47 Å². The fourth-order valence-corrected chi connectivity index (χ4v) is 2.33. The molecule has 0 bridgehead atoms. The van der Waals surface area contributed by atoms with E-state index in [4.69, 9.17) is 21.1 Å². The summed E-state index contributed by atoms with van der Waals surface area (Å²) in [5.74, 6) is 0.709. The van der Waals surface area contributed by atoms with Gasteiger partial charge in [0.05, 0.1) is 16.6 Å². The Morgan fingerprint density at radius 3 is 2.50 bits per heavy atom. The average molecular weight is 356 g/mol. The van der Waals surface area contributed by atoms with Crippen molar-refractivity contribution in [3.05, 3.63) is 57.5 Å². The van der Waals surface area contributed by atoms with Gasteiger partial charge in [0.25, 0.3) is 0 Å². The molecule has 0 heterocycles. The van der Waals surface area contributed by atoms with Crippen LogP contribution in [0.4, 0.5) is 0 Å². The molecular weight excluding hydrogens is 344 g/mol. The van der Waals surface area contributed by atoms with Crippen LogP contribution in [0.3, 0.4) is 0 Å². The largest absolute Gasteiger partial charge is 0.494 e. The van der Waals surface area contributed by atoms with Gasteiger partial charge in [-0.05, 0) is 65.3 Å². The van der Waals surface area contributed by atoms with Crippen molar-refractivity contribution in [1.82, 2.24) is 0 Å². The minimum Gasteiger partial charge on any atom is -0.494 e. The second kappa shape index (κ2) is 6.77. The van der Waals surface area contributed by atoms with Gasteiger partial charge in [-0.3, -0.25) is 0 Å². The predicted octanol–water partition coefficient (Wildman–Crippen LogP) is 4.72. The fraction of sp³-hybridized carbons (Fsp3) is 0.133. The van der Waals surface area contributed by atoms with Gasteiger partial charge in [0.2, 0.25) is 0 Å². The zero-order chi connectivity index (χ0) is 14.5. The van der Waals surface area contributed by atoms with E-state index in [1.165, 1.54) is 0 Å². The molecule has 0 aliphatic carbocycles. The third-order valence-electron chi connectivity index (χ3n) is 2.50. The van der Waals surface area contributed by atoms with Crippen LogP contribution in [0.5, 0.6) is 11.5 Å². The van der Waals surface area contributed by atoms with E-state index < -0.39 is 5.97 Å². The van der Waals surface area contributed by atoms with Crippen LogP contribution in [-0.4, -0.2) is 12.6 Å². The smallest absolute Gasteiger partial charge is 0.343 e. The minimum atomic E-state index is -0.434. The van der Waals surface area contributed by atoms with Crippen molar-refractivity contribution in [1.29, 1.82) is 0 Å². The fourth-order valence-electron chi connectivity index (χ4n) is 1.57. The van der Waals surface area contributed by atoms with Gasteiger partial charge in [0.15, 0.2) is 0 Å². The van der Waals surface area contributed by atoms with E-state index in [9.17, 15) is 4.79 Å². The molecule has 0 aromatic heterocycles. The molecule has 0 spiro atoms. The summed E-state index contributed by atoms with van der Waals surface area (Å²) in [7, 11) is 0. The summed E-state index contributed by atoms with van der Waals surface area (Å²) in [5, 5.41) is 0.567. The maximum Gasteiger partial charge on any atom is 0.343 e. The van der Waals surface area contributed by atoms with Crippen molar-refractivity contribution in [2.45, 2.75) is 6.92 Å². The summed E-state index contributed by atoms with van der Waals surface area (Å²) in [6.07, 6.45) is 0. The van der Waals surface area contributed by atoms with Gasteiger partial charge in [0.1, 0.15) is 11.5 Å². The van der Waals surface area contributed by atoms with Gasteiger partial charge in [-0.2, -0.15) is 0 Å². The zero-order valence-electron chi connectivity index (χ0n) is 10.7. The molecule has 104 valence electrons. The summed E-state index contributed by atoms with van der Waals surface area (Å²) in [4.78, 5) is 12.0. The number of hydrogen-bond acceptors (Lipinski definition) is 3. The van der Waals surface area contributed by atoms with Crippen LogP contribution in [-0.2, 0) is 0 Å². The van der Waals surface area contributed by atoms with Crippen LogP contribution in [0.1, 0.15) is 17.3 Å². The first-order valence-corrected chi connectivity index (χ1v) is 7.17. The maximum absolute atomic E-state index is 12.0. The third kappa shape index (κ3) is 3.74. The highest BCUT2D eigenvalue weighted by Gasteiger charge is 2.11. The van der Waals surface area contributed by atoms with Crippen LogP contribution in [0.25, 0.3) is 0 Å². The lowest BCUT2D eigenvalue weighted by atomic mass is 10.2. The number of rotatable bonds is 4. The summed E-state index contributed by atoms with van der Waals surface area (Å²) in [5.41, 5.74) is 0.454. The first-order valence-electron chi connectivity index (χ1n) is 6.00. The molecule has 0 saturated carbocycles. The van der Waals surface area contributed by atoms with E-state index in [2.05, 4.69) is 15.9 Å². The Morgan fingerprint density at radius 1 is 1.20 bits per heavy atom. The molecule has 0 saturated heterocycles. The molecule has 0 N–H and O–H groups in total. The number of hydrogen-bond donors (Lipinski definition) is 0. The second-order valence-electron chi connectivity index (χ2n) is 3.92. The Balaban J connectivity index is 2.11. The van der Waals surface area contributed by atoms with Gasteiger partial charge in [0, 0.05) is 5.02 Å². The molecule has 0 amide bonds. The van der Waals surface area contributed by atoms with E-state index in [1.807, 2.05) is 6.92 Å². The number of esters is 1. The monoisotopic (exact) mass is 354 g/mol. The van der Waals surface area contributed by atoms with Crippen molar-refractivity contribution in [2.24, 2.45) is 0 Å². The lowest BCUT2D eigenvalue weighted by Gasteiger charge is -2.07. The number of benzene rings is 2. The first kappa shape index (κ1) is 14.9. The van der Waals surface area contributed by atoms with Gasteiger partial charge in [-0.25, -0.2) is 4.79 Å². The summed E-state index contributed by atoms with van der Waals surface area (Å²) >= 11 is 9.13. The van der Waals surface area contributed by atoms with Crippen molar-refractivity contribution in [3.8, 4) is 11.5 Å². The molecule has 3 nitrogen and oxygen atoms in total. The van der Waals surface area contributed by atoms with E-state index in [0.29, 0.717) is 27.4 Å². The van der Waals surface area contributed by atoms with Crippen LogP contribution in [0.2, 0.25) is 5.02 Å². The highest BCUT2D eigenvalue weighted by Crippen LogP contribution is 2.28. The molecule has 0 atom stereocenters. The molecule has 0 unspecified atom stereocenters. The Bertz CT molecular complexity index is 611. The molecular formula is C15H12BrClO3. The predicted molar refractivity (Wildman–Crippen MR) is 81.7 cm³/mol. The minimum absolute atomic E-state index is 0.424. The third-order valence-corrected chi connectivity index (χ3v) is 3.35. The lowest BCUT2D eigenvalue weighted by molar-refractivity contribution is 0.0733. The number of carbonyl (C=O) groups excluding carboxylic acids is 1. The van der Waals surface area contributed by atoms with Crippen molar-refractivity contribution in [2.75, 3.05) is 6.61 Å². The molecule has 2 aromatic rings. The van der Waals surface area contributed by atoms with Crippen molar-refractivity contribution in [3.63, 3.8) is 0 Å². The highest BCUT2D eigenvalue weighted by atomic mass is 79.9. The van der Waals surface area contributed by atoms with Crippen LogP contribution in [0, 0.1) is 0 Å². The van der Waals surface area contributed by atoms with Crippen molar-refractivity contribution < 1.29 is 14.3 Å². The van der Waals surface area contributed by atoms with E-state index in [-0.39, 0.29) is 0 Å². The van der Waals surface area contributed by atoms with E-state index in [1.54, 1.807) is 42.5 Å². The normalized spacial score (nSPS) is 10.2. The number of ether oxygens (including phenoxy) is 2. The zero-order valence-corrected chi connectivity index (χ0v) is 13.1. The summed E-state index contributed by atoms with van der Waals surface area (Å²) < 4.78 is 11.2. The lowest BCUT2D eigenvalue weighted by Crippen LogP contribution is -2.08. The maximum atomic E-state index is 12.0. The quantitative estimate of drug-likeness (QED) is 0.588. The molecule has 5 heteroatoms. The molecule has 2 aromatic carbocycles. The molecule has 0 aliphatic rings. The standard InChI is InChI=1S/C15H12BrClO3/c1-2-19-12-6-3-10(4-7-12)15(18)20-14-8-5-11(17)9-13(14)16/h3-9H,2H2,1H3. The van der Waals surface area contributed by atoms with Gasteiger partial charge >= 0.3 is 5.97 Å². The Labute approximate surface area is 130 Å². The van der Waals surface area contributed by atoms with Crippen LogP contribution in [0.15, 0.2) is 46.9 Å². The SMILES string of the molecule is CCOc1ccc(C(=O)Oc2ccc(Cl)cc2Br)cc1. The van der Waals surface area contributed by atoms with Crippen LogP contribution < -0.4 is 9.47 Å². The van der Waals surface area contributed by atoms with E-state index in [0.717, 1.165) is 5.75 Å². The molecule has 0 aliphatic heterocycles. The summed E-state index contributed by atoms with van der Waals surface area (Å²) in [6, 6.07) is 11.8. The Morgan fingerprint density at radius 2 is 1.90 bits per heavy atom. The van der Waals surface area contributed by atoms with Gasteiger partial charge in [-0.1, -0.05) is 11.6 Å². The second-order valence-corrected chi connectivity index (χ2v) is 5.21. The Kier molecular flexibility index (Phi) is 5.04. The Hall–Kier alpha value is -1.52.